The van der Waals surface area contributed by atoms with Gasteiger partial charge in [-0.15, -0.1) is 0 Å². The molecule has 7 nitrogen and oxygen atoms in total. The third-order valence-corrected chi connectivity index (χ3v) is 6.04. The predicted molar refractivity (Wildman–Crippen MR) is 126 cm³/mol. The maximum absolute atomic E-state index is 12.6. The van der Waals surface area contributed by atoms with Gasteiger partial charge in [-0.3, -0.25) is 9.59 Å². The molecule has 1 atom stereocenters. The molecule has 0 saturated carbocycles. The zero-order valence-electron chi connectivity index (χ0n) is 19.4. The van der Waals surface area contributed by atoms with Crippen LogP contribution in [-0.4, -0.2) is 42.3 Å². The van der Waals surface area contributed by atoms with E-state index in [0.29, 0.717) is 6.42 Å². The Morgan fingerprint density at radius 1 is 1.03 bits per heavy atom. The van der Waals surface area contributed by atoms with Crippen molar-refractivity contribution in [1.29, 1.82) is 0 Å². The fraction of sp³-hybridized carbons (Fsp3) is 0.423. The molecule has 3 N–H and O–H groups in total. The molecular weight excluding hydrogens is 420 g/mol. The number of nitrogens with one attached hydrogen (secondary N) is 2. The minimum atomic E-state index is -1.06. The molecule has 0 aliphatic heterocycles. The summed E-state index contributed by atoms with van der Waals surface area (Å²) in [6.45, 7) is 5.29. The molecule has 176 valence electrons. The first kappa shape index (κ1) is 24.3. The summed E-state index contributed by atoms with van der Waals surface area (Å²) in [6.07, 6.45) is 0.893. The van der Waals surface area contributed by atoms with Crippen LogP contribution in [0.25, 0.3) is 11.1 Å². The lowest BCUT2D eigenvalue weighted by Crippen LogP contribution is -2.43. The lowest BCUT2D eigenvalue weighted by atomic mass is 9.94. The van der Waals surface area contributed by atoms with Crippen molar-refractivity contribution in [2.24, 2.45) is 5.41 Å². The SMILES string of the molecule is CCC[C@@H](CC(=O)NCC(C)(C)C(=O)O)NC(=O)OCC1c2ccccc2-c2ccccc21. The minimum absolute atomic E-state index is 0.0188. The Morgan fingerprint density at radius 3 is 2.15 bits per heavy atom. The Labute approximate surface area is 194 Å². The highest BCUT2D eigenvalue weighted by Gasteiger charge is 2.30. The lowest BCUT2D eigenvalue weighted by Gasteiger charge is -2.22. The summed E-state index contributed by atoms with van der Waals surface area (Å²) in [5.74, 6) is -1.32. The fourth-order valence-electron chi connectivity index (χ4n) is 4.07. The number of carboxylic acids is 1. The molecule has 2 amide bonds. The summed E-state index contributed by atoms with van der Waals surface area (Å²) >= 11 is 0. The van der Waals surface area contributed by atoms with Gasteiger partial charge in [-0.25, -0.2) is 4.79 Å². The molecule has 0 unspecified atom stereocenters. The third kappa shape index (κ3) is 5.92. The summed E-state index contributed by atoms with van der Waals surface area (Å²) in [6, 6.07) is 15.9. The molecule has 3 rings (SSSR count). The van der Waals surface area contributed by atoms with Crippen molar-refractivity contribution in [3.63, 3.8) is 0 Å². The quantitative estimate of drug-likeness (QED) is 0.498. The van der Waals surface area contributed by atoms with Crippen LogP contribution in [0.3, 0.4) is 0 Å². The van der Waals surface area contributed by atoms with E-state index in [1.54, 1.807) is 13.8 Å². The van der Waals surface area contributed by atoms with E-state index >= 15 is 0 Å². The van der Waals surface area contributed by atoms with Crippen LogP contribution in [0, 0.1) is 5.41 Å². The van der Waals surface area contributed by atoms with Gasteiger partial charge in [0.25, 0.3) is 0 Å². The number of hydrogen-bond acceptors (Lipinski definition) is 4. The highest BCUT2D eigenvalue weighted by Crippen LogP contribution is 2.44. The molecule has 0 radical (unpaired) electrons. The van der Waals surface area contributed by atoms with Crippen LogP contribution in [0.15, 0.2) is 48.5 Å². The standard InChI is InChI=1S/C26H32N2O5/c1-4-9-17(14-23(29)27-16-26(2,3)24(30)31)28-25(32)33-15-22-20-12-7-5-10-18(20)19-11-6-8-13-21(19)22/h5-8,10-13,17,22H,4,9,14-16H2,1-3H3,(H,27,29)(H,28,32)(H,30,31)/t17-/m0/s1. The Balaban J connectivity index is 1.56. The predicted octanol–water partition coefficient (Wildman–Crippen LogP) is 4.31. The van der Waals surface area contributed by atoms with E-state index < -0.39 is 23.5 Å². The van der Waals surface area contributed by atoms with Crippen LogP contribution in [-0.2, 0) is 14.3 Å². The summed E-state index contributed by atoms with van der Waals surface area (Å²) in [4.78, 5) is 36.1. The van der Waals surface area contributed by atoms with Gasteiger partial charge in [0, 0.05) is 24.9 Å². The van der Waals surface area contributed by atoms with Gasteiger partial charge in [0.1, 0.15) is 6.61 Å². The maximum atomic E-state index is 12.6. The van der Waals surface area contributed by atoms with E-state index in [4.69, 9.17) is 4.74 Å². The van der Waals surface area contributed by atoms with Gasteiger partial charge < -0.3 is 20.5 Å². The first-order chi connectivity index (χ1) is 15.7. The Kier molecular flexibility index (Phi) is 7.74. The topological polar surface area (TPSA) is 105 Å². The molecule has 0 saturated heterocycles. The van der Waals surface area contributed by atoms with Gasteiger partial charge in [-0.2, -0.15) is 0 Å². The van der Waals surface area contributed by atoms with Crippen molar-refractivity contribution < 1.29 is 24.2 Å². The van der Waals surface area contributed by atoms with Gasteiger partial charge in [0.15, 0.2) is 0 Å². The number of ether oxygens (including phenoxy) is 1. The van der Waals surface area contributed by atoms with E-state index in [2.05, 4.69) is 34.9 Å². The molecule has 0 fully saturated rings. The third-order valence-electron chi connectivity index (χ3n) is 6.04. The molecule has 2 aromatic rings. The second-order valence-corrected chi connectivity index (χ2v) is 9.13. The number of amides is 2. The van der Waals surface area contributed by atoms with Crippen molar-refractivity contribution in [3.8, 4) is 11.1 Å². The van der Waals surface area contributed by atoms with E-state index in [1.807, 2.05) is 31.2 Å². The average Bonchev–Trinajstić information content (AvgIpc) is 3.10. The zero-order valence-corrected chi connectivity index (χ0v) is 19.4. The van der Waals surface area contributed by atoms with Crippen molar-refractivity contribution in [2.45, 2.75) is 52.0 Å². The smallest absolute Gasteiger partial charge is 0.407 e. The first-order valence-corrected chi connectivity index (χ1v) is 11.3. The van der Waals surface area contributed by atoms with Crippen molar-refractivity contribution in [3.05, 3.63) is 59.7 Å². The van der Waals surface area contributed by atoms with Gasteiger partial charge in [0.05, 0.1) is 5.41 Å². The summed E-state index contributed by atoms with van der Waals surface area (Å²) in [5.41, 5.74) is 3.53. The van der Waals surface area contributed by atoms with Crippen LogP contribution in [0.2, 0.25) is 0 Å². The molecule has 0 aromatic heterocycles. The second-order valence-electron chi connectivity index (χ2n) is 9.13. The monoisotopic (exact) mass is 452 g/mol. The van der Waals surface area contributed by atoms with E-state index in [1.165, 1.54) is 0 Å². The highest BCUT2D eigenvalue weighted by atomic mass is 16.5. The molecule has 0 spiro atoms. The molecule has 1 aliphatic rings. The average molecular weight is 453 g/mol. The van der Waals surface area contributed by atoms with E-state index in [0.717, 1.165) is 28.7 Å². The number of alkyl carbamates (subject to hydrolysis) is 1. The maximum Gasteiger partial charge on any atom is 0.407 e. The Morgan fingerprint density at radius 2 is 1.61 bits per heavy atom. The number of benzene rings is 2. The lowest BCUT2D eigenvalue weighted by molar-refractivity contribution is -0.146. The second kappa shape index (κ2) is 10.5. The van der Waals surface area contributed by atoms with Crippen LogP contribution in [0.4, 0.5) is 4.79 Å². The Hall–Kier alpha value is -3.35. The number of hydrogen-bond donors (Lipinski definition) is 3. The van der Waals surface area contributed by atoms with E-state index in [-0.39, 0.29) is 31.4 Å². The summed E-state index contributed by atoms with van der Waals surface area (Å²) < 4.78 is 5.58. The molecule has 0 heterocycles. The summed E-state index contributed by atoms with van der Waals surface area (Å²) in [7, 11) is 0. The fourth-order valence-corrected chi connectivity index (χ4v) is 4.07. The number of carbonyl (C=O) groups is 3. The molecular formula is C26H32N2O5. The molecule has 7 heteroatoms. The first-order valence-electron chi connectivity index (χ1n) is 11.3. The Bertz CT molecular complexity index is 972. The molecule has 2 aromatic carbocycles. The molecule has 33 heavy (non-hydrogen) atoms. The van der Waals surface area contributed by atoms with Gasteiger partial charge in [-0.1, -0.05) is 61.9 Å². The van der Waals surface area contributed by atoms with Crippen molar-refractivity contribution in [2.75, 3.05) is 13.2 Å². The van der Waals surface area contributed by atoms with Crippen LogP contribution < -0.4 is 10.6 Å². The number of fused-ring (bicyclic) bond motifs is 3. The van der Waals surface area contributed by atoms with Gasteiger partial charge >= 0.3 is 12.1 Å². The minimum Gasteiger partial charge on any atom is -0.481 e. The number of carboxylic acid groups (broad SMARTS) is 1. The van der Waals surface area contributed by atoms with Crippen LogP contribution in [0.1, 0.15) is 57.1 Å². The molecule has 1 aliphatic carbocycles. The van der Waals surface area contributed by atoms with Crippen molar-refractivity contribution in [1.82, 2.24) is 10.6 Å². The molecule has 0 bridgehead atoms. The number of rotatable bonds is 10. The largest absolute Gasteiger partial charge is 0.481 e. The highest BCUT2D eigenvalue weighted by molar-refractivity contribution is 5.80. The van der Waals surface area contributed by atoms with Crippen LogP contribution >= 0.6 is 0 Å². The normalized spacial score (nSPS) is 13.5. The zero-order chi connectivity index (χ0) is 24.0. The summed E-state index contributed by atoms with van der Waals surface area (Å²) in [5, 5.41) is 14.6. The van der Waals surface area contributed by atoms with Crippen molar-refractivity contribution >= 4 is 18.0 Å². The van der Waals surface area contributed by atoms with Crippen LogP contribution in [0.5, 0.6) is 0 Å². The van der Waals surface area contributed by atoms with Gasteiger partial charge in [-0.05, 0) is 42.5 Å². The number of carbonyl (C=O) groups excluding carboxylic acids is 2. The van der Waals surface area contributed by atoms with Gasteiger partial charge in [0.2, 0.25) is 5.91 Å². The number of aliphatic carboxylic acids is 1. The van der Waals surface area contributed by atoms with E-state index in [9.17, 15) is 19.5 Å².